The van der Waals surface area contributed by atoms with Crippen molar-refractivity contribution in [3.8, 4) is 0 Å². The Labute approximate surface area is 106 Å². The number of halogens is 2. The number of nitrogens with zero attached hydrogens (tertiary/aromatic N) is 1. The SMILES string of the molecule is CC(C)(C(=O)c1ccc(F)cc1F)N1CCCC1. The summed E-state index contributed by atoms with van der Waals surface area (Å²) in [5.41, 5.74) is -0.775. The molecular formula is C14H17F2NO. The van der Waals surface area contributed by atoms with Gasteiger partial charge in [0.2, 0.25) is 0 Å². The van der Waals surface area contributed by atoms with Crippen molar-refractivity contribution in [3.63, 3.8) is 0 Å². The van der Waals surface area contributed by atoms with E-state index >= 15 is 0 Å². The van der Waals surface area contributed by atoms with Crippen LogP contribution in [0.25, 0.3) is 0 Å². The quantitative estimate of drug-likeness (QED) is 0.772. The summed E-state index contributed by atoms with van der Waals surface area (Å²) in [6, 6.07) is 3.11. The van der Waals surface area contributed by atoms with Crippen LogP contribution in [0, 0.1) is 11.6 Å². The molecule has 0 atom stereocenters. The molecule has 0 bridgehead atoms. The molecule has 0 N–H and O–H groups in total. The van der Waals surface area contributed by atoms with E-state index < -0.39 is 17.2 Å². The van der Waals surface area contributed by atoms with Crippen LogP contribution < -0.4 is 0 Å². The Morgan fingerprint density at radius 1 is 1.22 bits per heavy atom. The van der Waals surface area contributed by atoms with Gasteiger partial charge < -0.3 is 0 Å². The van der Waals surface area contributed by atoms with Crippen molar-refractivity contribution in [1.82, 2.24) is 4.90 Å². The van der Waals surface area contributed by atoms with Crippen LogP contribution in [0.4, 0.5) is 8.78 Å². The van der Waals surface area contributed by atoms with Crippen LogP contribution in [0.2, 0.25) is 0 Å². The van der Waals surface area contributed by atoms with Crippen LogP contribution in [-0.4, -0.2) is 29.3 Å². The second-order valence-corrected chi connectivity index (χ2v) is 5.21. The highest BCUT2D eigenvalue weighted by atomic mass is 19.1. The van der Waals surface area contributed by atoms with E-state index in [0.717, 1.165) is 38.1 Å². The molecule has 1 fully saturated rings. The number of rotatable bonds is 3. The van der Waals surface area contributed by atoms with Gasteiger partial charge in [0.1, 0.15) is 11.6 Å². The topological polar surface area (TPSA) is 20.3 Å². The standard InChI is InChI=1S/C14H17F2NO/c1-14(2,17-7-3-4-8-17)13(18)11-6-5-10(15)9-12(11)16/h5-6,9H,3-4,7-8H2,1-2H3. The van der Waals surface area contributed by atoms with Crippen LogP contribution in [0.3, 0.4) is 0 Å². The van der Waals surface area contributed by atoms with Gasteiger partial charge in [-0.05, 0) is 51.9 Å². The zero-order valence-corrected chi connectivity index (χ0v) is 10.7. The molecule has 18 heavy (non-hydrogen) atoms. The van der Waals surface area contributed by atoms with Crippen LogP contribution in [-0.2, 0) is 0 Å². The van der Waals surface area contributed by atoms with Crippen molar-refractivity contribution in [3.05, 3.63) is 35.4 Å². The van der Waals surface area contributed by atoms with Crippen molar-refractivity contribution in [2.24, 2.45) is 0 Å². The molecule has 1 aliphatic rings. The Bertz CT molecular complexity index is 465. The third-order valence-electron chi connectivity index (χ3n) is 3.63. The van der Waals surface area contributed by atoms with E-state index in [1.165, 1.54) is 6.07 Å². The summed E-state index contributed by atoms with van der Waals surface area (Å²) in [5, 5.41) is 0. The lowest BCUT2D eigenvalue weighted by molar-refractivity contribution is 0.0698. The number of ketones is 1. The van der Waals surface area contributed by atoms with Crippen molar-refractivity contribution < 1.29 is 13.6 Å². The summed E-state index contributed by atoms with van der Waals surface area (Å²) in [6.45, 7) is 5.29. The highest BCUT2D eigenvalue weighted by Gasteiger charge is 2.37. The monoisotopic (exact) mass is 253 g/mol. The van der Waals surface area contributed by atoms with Gasteiger partial charge in [-0.2, -0.15) is 0 Å². The highest BCUT2D eigenvalue weighted by molar-refractivity contribution is 6.02. The summed E-state index contributed by atoms with van der Waals surface area (Å²) < 4.78 is 26.5. The van der Waals surface area contributed by atoms with Crippen molar-refractivity contribution >= 4 is 5.78 Å². The summed E-state index contributed by atoms with van der Waals surface area (Å²) in [4.78, 5) is 14.4. The Morgan fingerprint density at radius 2 is 1.83 bits per heavy atom. The number of likely N-dealkylation sites (tertiary alicyclic amines) is 1. The van der Waals surface area contributed by atoms with Crippen LogP contribution in [0.15, 0.2) is 18.2 Å². The van der Waals surface area contributed by atoms with Crippen molar-refractivity contribution in [1.29, 1.82) is 0 Å². The second kappa shape index (κ2) is 4.76. The first-order valence-corrected chi connectivity index (χ1v) is 6.18. The lowest BCUT2D eigenvalue weighted by atomic mass is 9.91. The minimum Gasteiger partial charge on any atom is -0.292 e. The molecule has 1 heterocycles. The number of hydrogen-bond acceptors (Lipinski definition) is 2. The minimum absolute atomic E-state index is 0.0340. The fourth-order valence-electron chi connectivity index (χ4n) is 2.42. The molecule has 0 saturated carbocycles. The van der Waals surface area contributed by atoms with E-state index in [2.05, 4.69) is 4.90 Å². The second-order valence-electron chi connectivity index (χ2n) is 5.21. The molecule has 0 amide bonds. The Balaban J connectivity index is 2.29. The molecular weight excluding hydrogens is 236 g/mol. The smallest absolute Gasteiger partial charge is 0.185 e. The van der Waals surface area contributed by atoms with E-state index in [1.807, 2.05) is 0 Å². The third-order valence-corrected chi connectivity index (χ3v) is 3.63. The zero-order chi connectivity index (χ0) is 13.3. The van der Waals surface area contributed by atoms with E-state index in [-0.39, 0.29) is 11.3 Å². The molecule has 0 radical (unpaired) electrons. The molecule has 2 nitrogen and oxygen atoms in total. The third kappa shape index (κ3) is 2.29. The normalized spacial score (nSPS) is 17.1. The molecule has 1 aromatic carbocycles. The van der Waals surface area contributed by atoms with E-state index in [1.54, 1.807) is 13.8 Å². The maximum atomic E-state index is 13.6. The number of benzene rings is 1. The summed E-state index contributed by atoms with van der Waals surface area (Å²) in [7, 11) is 0. The summed E-state index contributed by atoms with van der Waals surface area (Å²) in [6.07, 6.45) is 2.12. The lowest BCUT2D eigenvalue weighted by Crippen LogP contribution is -2.48. The van der Waals surface area contributed by atoms with Gasteiger partial charge in [0.05, 0.1) is 11.1 Å². The van der Waals surface area contributed by atoms with Crippen LogP contribution >= 0.6 is 0 Å². The molecule has 98 valence electrons. The predicted molar refractivity (Wildman–Crippen MR) is 65.6 cm³/mol. The van der Waals surface area contributed by atoms with Crippen LogP contribution in [0.5, 0.6) is 0 Å². The minimum atomic E-state index is -0.785. The van der Waals surface area contributed by atoms with Gasteiger partial charge in [0, 0.05) is 6.07 Å². The Kier molecular flexibility index (Phi) is 3.48. The predicted octanol–water partition coefficient (Wildman–Crippen LogP) is 3.02. The summed E-state index contributed by atoms with van der Waals surface area (Å²) in [5.74, 6) is -1.74. The average molecular weight is 253 g/mol. The fourth-order valence-corrected chi connectivity index (χ4v) is 2.42. The molecule has 1 saturated heterocycles. The van der Waals surface area contributed by atoms with Gasteiger partial charge in [-0.15, -0.1) is 0 Å². The van der Waals surface area contributed by atoms with Crippen molar-refractivity contribution in [2.45, 2.75) is 32.2 Å². The largest absolute Gasteiger partial charge is 0.292 e. The van der Waals surface area contributed by atoms with Gasteiger partial charge in [-0.3, -0.25) is 9.69 Å². The number of Topliss-reactive ketones (excluding diaryl/α,β-unsaturated/α-hetero) is 1. The van der Waals surface area contributed by atoms with Crippen LogP contribution in [0.1, 0.15) is 37.0 Å². The average Bonchev–Trinajstić information content (AvgIpc) is 2.82. The number of carbonyl (C=O) groups is 1. The summed E-state index contributed by atoms with van der Waals surface area (Å²) >= 11 is 0. The lowest BCUT2D eigenvalue weighted by Gasteiger charge is -2.33. The number of hydrogen-bond donors (Lipinski definition) is 0. The Morgan fingerprint density at radius 3 is 2.39 bits per heavy atom. The van der Waals surface area contributed by atoms with E-state index in [9.17, 15) is 13.6 Å². The van der Waals surface area contributed by atoms with Gasteiger partial charge in [-0.25, -0.2) is 8.78 Å². The number of carbonyl (C=O) groups excluding carboxylic acids is 1. The van der Waals surface area contributed by atoms with E-state index in [4.69, 9.17) is 0 Å². The maximum absolute atomic E-state index is 13.6. The van der Waals surface area contributed by atoms with Gasteiger partial charge in [-0.1, -0.05) is 0 Å². The first kappa shape index (κ1) is 13.1. The molecule has 0 unspecified atom stereocenters. The van der Waals surface area contributed by atoms with Gasteiger partial charge >= 0.3 is 0 Å². The molecule has 0 aromatic heterocycles. The molecule has 4 heteroatoms. The first-order valence-electron chi connectivity index (χ1n) is 6.18. The van der Waals surface area contributed by atoms with Gasteiger partial charge in [0.25, 0.3) is 0 Å². The Hall–Kier alpha value is -1.29. The zero-order valence-electron chi connectivity index (χ0n) is 10.7. The highest BCUT2D eigenvalue weighted by Crippen LogP contribution is 2.26. The molecule has 1 aliphatic heterocycles. The van der Waals surface area contributed by atoms with E-state index in [0.29, 0.717) is 0 Å². The fraction of sp³-hybridized carbons (Fsp3) is 0.500. The van der Waals surface area contributed by atoms with Crippen molar-refractivity contribution in [2.75, 3.05) is 13.1 Å². The van der Waals surface area contributed by atoms with Gasteiger partial charge in [0.15, 0.2) is 5.78 Å². The molecule has 0 aliphatic carbocycles. The molecule has 2 rings (SSSR count). The molecule has 1 aromatic rings. The maximum Gasteiger partial charge on any atom is 0.185 e. The molecule has 0 spiro atoms. The first-order chi connectivity index (χ1) is 8.43.